The fourth-order valence-corrected chi connectivity index (χ4v) is 3.58. The van der Waals surface area contributed by atoms with Gasteiger partial charge >= 0.3 is 0 Å². The van der Waals surface area contributed by atoms with E-state index >= 15 is 0 Å². The zero-order valence-electron chi connectivity index (χ0n) is 11.2. The minimum Gasteiger partial charge on any atom is -0.307 e. The summed E-state index contributed by atoms with van der Waals surface area (Å²) in [7, 11) is 0. The van der Waals surface area contributed by atoms with Crippen LogP contribution in [0.1, 0.15) is 51.1 Å². The van der Waals surface area contributed by atoms with Crippen molar-refractivity contribution in [1.29, 1.82) is 0 Å². The van der Waals surface area contributed by atoms with Crippen molar-refractivity contribution < 1.29 is 4.39 Å². The smallest absolute Gasteiger partial charge is 0.123 e. The molecule has 1 aliphatic heterocycles. The molecule has 1 heterocycles. The molecule has 3 heteroatoms. The van der Waals surface area contributed by atoms with Crippen LogP contribution in [0.25, 0.3) is 0 Å². The molecule has 1 nitrogen and oxygen atoms in total. The van der Waals surface area contributed by atoms with Crippen molar-refractivity contribution >= 4 is 11.8 Å². The number of nitrogens with one attached hydrogen (secondary N) is 1. The van der Waals surface area contributed by atoms with Crippen molar-refractivity contribution in [2.24, 2.45) is 0 Å². The van der Waals surface area contributed by atoms with Gasteiger partial charge in [0.25, 0.3) is 0 Å². The van der Waals surface area contributed by atoms with E-state index in [1.807, 2.05) is 17.8 Å². The highest BCUT2D eigenvalue weighted by Crippen LogP contribution is 2.36. The van der Waals surface area contributed by atoms with Gasteiger partial charge in [-0.15, -0.1) is 11.8 Å². The molecular weight excluding hydrogens is 245 g/mol. The van der Waals surface area contributed by atoms with Crippen molar-refractivity contribution in [2.45, 2.75) is 56.5 Å². The molecule has 0 saturated carbocycles. The largest absolute Gasteiger partial charge is 0.307 e. The number of rotatable bonds is 5. The minimum atomic E-state index is -0.121. The van der Waals surface area contributed by atoms with E-state index in [1.165, 1.54) is 24.2 Å². The Hall–Kier alpha value is -0.540. The average Bonchev–Trinajstić information content (AvgIpc) is 2.37. The molecule has 1 aromatic carbocycles. The van der Waals surface area contributed by atoms with Crippen molar-refractivity contribution in [2.75, 3.05) is 5.75 Å². The third-order valence-electron chi connectivity index (χ3n) is 3.49. The van der Waals surface area contributed by atoms with Gasteiger partial charge in [0, 0.05) is 17.0 Å². The number of halogens is 1. The van der Waals surface area contributed by atoms with Crippen LogP contribution in [0.15, 0.2) is 23.1 Å². The maximum absolute atomic E-state index is 13.4. The summed E-state index contributed by atoms with van der Waals surface area (Å²) < 4.78 is 13.4. The zero-order chi connectivity index (χ0) is 13.0. The first-order valence-corrected chi connectivity index (χ1v) is 7.87. The molecule has 2 rings (SSSR count). The first-order chi connectivity index (χ1) is 8.70. The molecule has 0 spiro atoms. The lowest BCUT2D eigenvalue weighted by Crippen LogP contribution is -2.32. The van der Waals surface area contributed by atoms with Gasteiger partial charge in [-0.2, -0.15) is 0 Å². The molecule has 1 aromatic rings. The monoisotopic (exact) mass is 267 g/mol. The van der Waals surface area contributed by atoms with E-state index in [-0.39, 0.29) is 5.82 Å². The Kier molecular flexibility index (Phi) is 5.07. The van der Waals surface area contributed by atoms with Gasteiger partial charge in [-0.05, 0) is 49.3 Å². The highest BCUT2D eigenvalue weighted by molar-refractivity contribution is 7.99. The number of hydrogen-bond acceptors (Lipinski definition) is 2. The molecule has 0 aliphatic carbocycles. The van der Waals surface area contributed by atoms with E-state index in [4.69, 9.17) is 0 Å². The standard InChI is InChI=1S/C15H22FNS/c1-3-4-5-11(2)17-14-8-9-18-15-7-6-12(16)10-13(14)15/h6-7,10-11,14,17H,3-5,8-9H2,1-2H3. The second kappa shape index (κ2) is 6.58. The quantitative estimate of drug-likeness (QED) is 0.841. The summed E-state index contributed by atoms with van der Waals surface area (Å²) >= 11 is 1.84. The van der Waals surface area contributed by atoms with E-state index in [0.29, 0.717) is 12.1 Å². The first-order valence-electron chi connectivity index (χ1n) is 6.89. The maximum Gasteiger partial charge on any atom is 0.123 e. The molecule has 1 aliphatic rings. The molecular formula is C15H22FNS. The molecule has 1 N–H and O–H groups in total. The summed E-state index contributed by atoms with van der Waals surface area (Å²) in [6, 6.07) is 6.01. The fraction of sp³-hybridized carbons (Fsp3) is 0.600. The topological polar surface area (TPSA) is 12.0 Å². The zero-order valence-corrected chi connectivity index (χ0v) is 12.0. The van der Waals surface area contributed by atoms with E-state index < -0.39 is 0 Å². The third-order valence-corrected chi connectivity index (χ3v) is 4.61. The lowest BCUT2D eigenvalue weighted by molar-refractivity contribution is 0.412. The lowest BCUT2D eigenvalue weighted by atomic mass is 10.0. The molecule has 0 saturated heterocycles. The van der Waals surface area contributed by atoms with Crippen LogP contribution in [0.4, 0.5) is 4.39 Å². The highest BCUT2D eigenvalue weighted by atomic mass is 32.2. The number of thioether (sulfide) groups is 1. The molecule has 0 aromatic heterocycles. The number of fused-ring (bicyclic) bond motifs is 1. The molecule has 100 valence electrons. The highest BCUT2D eigenvalue weighted by Gasteiger charge is 2.22. The van der Waals surface area contributed by atoms with Crippen LogP contribution in [0.5, 0.6) is 0 Å². The Morgan fingerprint density at radius 2 is 2.33 bits per heavy atom. The Morgan fingerprint density at radius 3 is 3.11 bits per heavy atom. The van der Waals surface area contributed by atoms with Gasteiger partial charge in [-0.25, -0.2) is 4.39 Å². The molecule has 0 bridgehead atoms. The predicted octanol–water partition coefficient (Wildman–Crippen LogP) is 4.53. The van der Waals surface area contributed by atoms with Crippen LogP contribution in [0.3, 0.4) is 0 Å². The summed E-state index contributed by atoms with van der Waals surface area (Å²) in [6.07, 6.45) is 4.78. The Morgan fingerprint density at radius 1 is 1.50 bits per heavy atom. The van der Waals surface area contributed by atoms with Gasteiger partial charge in [-0.1, -0.05) is 19.8 Å². The summed E-state index contributed by atoms with van der Waals surface area (Å²) in [4.78, 5) is 1.24. The van der Waals surface area contributed by atoms with Crippen molar-refractivity contribution in [3.05, 3.63) is 29.6 Å². The molecule has 0 fully saturated rings. The molecule has 18 heavy (non-hydrogen) atoms. The number of unbranched alkanes of at least 4 members (excludes halogenated alkanes) is 1. The molecule has 2 atom stereocenters. The Labute approximate surface area is 114 Å². The van der Waals surface area contributed by atoms with Gasteiger partial charge in [0.2, 0.25) is 0 Å². The molecule has 2 unspecified atom stereocenters. The van der Waals surface area contributed by atoms with Crippen LogP contribution in [0, 0.1) is 5.82 Å². The van der Waals surface area contributed by atoms with Crippen LogP contribution in [-0.4, -0.2) is 11.8 Å². The predicted molar refractivity (Wildman–Crippen MR) is 76.6 cm³/mol. The fourth-order valence-electron chi connectivity index (χ4n) is 2.48. The van der Waals surface area contributed by atoms with Gasteiger partial charge in [0.1, 0.15) is 5.82 Å². The lowest BCUT2D eigenvalue weighted by Gasteiger charge is -2.29. The van der Waals surface area contributed by atoms with Gasteiger partial charge in [0.05, 0.1) is 0 Å². The summed E-state index contributed by atoms with van der Waals surface area (Å²) in [5, 5.41) is 3.66. The van der Waals surface area contributed by atoms with Gasteiger partial charge in [0.15, 0.2) is 0 Å². The first kappa shape index (κ1) is 13.9. The van der Waals surface area contributed by atoms with E-state index in [9.17, 15) is 4.39 Å². The average molecular weight is 267 g/mol. The molecule has 0 radical (unpaired) electrons. The molecule has 0 amide bonds. The van der Waals surface area contributed by atoms with Crippen LogP contribution < -0.4 is 5.32 Å². The normalized spacial score (nSPS) is 20.5. The number of hydrogen-bond donors (Lipinski definition) is 1. The summed E-state index contributed by atoms with van der Waals surface area (Å²) in [5.74, 6) is 1.00. The summed E-state index contributed by atoms with van der Waals surface area (Å²) in [5.41, 5.74) is 1.15. The Bertz CT molecular complexity index is 394. The van der Waals surface area contributed by atoms with E-state index in [0.717, 1.165) is 17.7 Å². The van der Waals surface area contributed by atoms with Crippen LogP contribution in [-0.2, 0) is 0 Å². The second-order valence-corrected chi connectivity index (χ2v) is 6.22. The maximum atomic E-state index is 13.4. The van der Waals surface area contributed by atoms with E-state index in [2.05, 4.69) is 19.2 Å². The van der Waals surface area contributed by atoms with E-state index in [1.54, 1.807) is 12.1 Å². The van der Waals surface area contributed by atoms with Gasteiger partial charge < -0.3 is 5.32 Å². The minimum absolute atomic E-state index is 0.121. The van der Waals surface area contributed by atoms with Crippen molar-refractivity contribution in [1.82, 2.24) is 5.32 Å². The van der Waals surface area contributed by atoms with Gasteiger partial charge in [-0.3, -0.25) is 0 Å². The third kappa shape index (κ3) is 3.48. The summed E-state index contributed by atoms with van der Waals surface area (Å²) in [6.45, 7) is 4.45. The number of benzene rings is 1. The van der Waals surface area contributed by atoms with Crippen LogP contribution >= 0.6 is 11.8 Å². The van der Waals surface area contributed by atoms with Crippen molar-refractivity contribution in [3.8, 4) is 0 Å². The van der Waals surface area contributed by atoms with Crippen LogP contribution in [0.2, 0.25) is 0 Å². The SMILES string of the molecule is CCCCC(C)NC1CCSc2ccc(F)cc21. The van der Waals surface area contributed by atoms with Crippen molar-refractivity contribution in [3.63, 3.8) is 0 Å². The second-order valence-electron chi connectivity index (χ2n) is 5.08. The Balaban J connectivity index is 2.05.